The number of hydrogen-bond acceptors (Lipinski definition) is 2. The van der Waals surface area contributed by atoms with Crippen LogP contribution >= 0.6 is 34.8 Å². The van der Waals surface area contributed by atoms with Crippen molar-refractivity contribution in [1.29, 1.82) is 0 Å². The molecule has 160 valence electrons. The van der Waals surface area contributed by atoms with Gasteiger partial charge in [-0.2, -0.15) is 0 Å². The van der Waals surface area contributed by atoms with E-state index in [4.69, 9.17) is 34.8 Å². The third-order valence-electron chi connectivity index (χ3n) is 5.52. The molecule has 2 aromatic carbocycles. The number of halogens is 4. The zero-order chi connectivity index (χ0) is 22.4. The number of rotatable bonds is 5. The number of benzene rings is 2. The summed E-state index contributed by atoms with van der Waals surface area (Å²) in [6.45, 7) is 1.66. The van der Waals surface area contributed by atoms with Gasteiger partial charge < -0.3 is 9.67 Å². The first-order valence-electron chi connectivity index (χ1n) is 9.59. The maximum absolute atomic E-state index is 14.4. The van der Waals surface area contributed by atoms with Gasteiger partial charge in [0.1, 0.15) is 11.4 Å². The molecule has 1 fully saturated rings. The number of hydrogen-bond donors (Lipinski definition) is 1. The molecule has 0 atom stereocenters. The lowest BCUT2D eigenvalue weighted by molar-refractivity contribution is 0.0695. The van der Waals surface area contributed by atoms with Gasteiger partial charge >= 0.3 is 5.97 Å². The molecule has 0 unspecified atom stereocenters. The van der Waals surface area contributed by atoms with Crippen LogP contribution in [0.1, 0.15) is 45.9 Å². The lowest BCUT2D eigenvalue weighted by Crippen LogP contribution is -2.31. The highest BCUT2D eigenvalue weighted by atomic mass is 35.5. The van der Waals surface area contributed by atoms with E-state index in [9.17, 15) is 19.1 Å². The van der Waals surface area contributed by atoms with Gasteiger partial charge in [-0.25, -0.2) is 9.18 Å². The molecule has 1 aromatic heterocycles. The molecule has 0 aliphatic heterocycles. The fourth-order valence-electron chi connectivity index (χ4n) is 3.89. The van der Waals surface area contributed by atoms with Crippen molar-refractivity contribution in [3.8, 4) is 11.1 Å². The Bertz CT molecular complexity index is 1280. The zero-order valence-electron chi connectivity index (χ0n) is 16.4. The van der Waals surface area contributed by atoms with Gasteiger partial charge in [0.25, 0.3) is 5.56 Å². The van der Waals surface area contributed by atoms with Gasteiger partial charge in [0.2, 0.25) is 0 Å². The minimum atomic E-state index is -1.35. The highest BCUT2D eigenvalue weighted by Gasteiger charge is 2.34. The second-order valence-electron chi connectivity index (χ2n) is 7.58. The van der Waals surface area contributed by atoms with Crippen LogP contribution in [-0.2, 0) is 6.54 Å². The minimum Gasteiger partial charge on any atom is -0.477 e. The highest BCUT2D eigenvalue weighted by Crippen LogP contribution is 2.47. The summed E-state index contributed by atoms with van der Waals surface area (Å²) in [5, 5.41) is 10.8. The number of nitrogens with zero attached hydrogens (tertiary/aromatic N) is 1. The lowest BCUT2D eigenvalue weighted by atomic mass is 9.91. The Kier molecular flexibility index (Phi) is 5.86. The second kappa shape index (κ2) is 8.30. The van der Waals surface area contributed by atoms with Crippen molar-refractivity contribution in [2.24, 2.45) is 0 Å². The number of carboxylic acids is 1. The predicted octanol–water partition coefficient (Wildman–Crippen LogP) is 6.55. The predicted molar refractivity (Wildman–Crippen MR) is 120 cm³/mol. The summed E-state index contributed by atoms with van der Waals surface area (Å²) in [6, 6.07) is 8.99. The van der Waals surface area contributed by atoms with Gasteiger partial charge in [-0.3, -0.25) is 4.79 Å². The molecule has 0 radical (unpaired) electrons. The number of aromatic nitrogens is 1. The molecular formula is C23H17Cl3FNO3. The number of carboxylic acid groups (broad SMARTS) is 1. The molecule has 1 heterocycles. The maximum Gasteiger partial charge on any atom is 0.341 e. The maximum atomic E-state index is 14.4. The van der Waals surface area contributed by atoms with E-state index >= 15 is 0 Å². The van der Waals surface area contributed by atoms with E-state index in [-0.39, 0.29) is 33.6 Å². The molecule has 0 amide bonds. The summed E-state index contributed by atoms with van der Waals surface area (Å²) >= 11 is 18.0. The Labute approximate surface area is 192 Å². The number of carbonyl (C=O) groups is 1. The smallest absolute Gasteiger partial charge is 0.341 e. The lowest BCUT2D eigenvalue weighted by Gasteiger charge is -2.21. The van der Waals surface area contributed by atoms with E-state index in [2.05, 4.69) is 0 Å². The van der Waals surface area contributed by atoms with Crippen LogP contribution in [0.15, 0.2) is 41.2 Å². The summed E-state index contributed by atoms with van der Waals surface area (Å²) in [5.74, 6) is -1.79. The Morgan fingerprint density at radius 1 is 1.13 bits per heavy atom. The Balaban J connectivity index is 2.00. The second-order valence-corrected chi connectivity index (χ2v) is 8.84. The van der Waals surface area contributed by atoms with E-state index in [1.807, 2.05) is 0 Å². The highest BCUT2D eigenvalue weighted by molar-refractivity contribution is 6.42. The van der Waals surface area contributed by atoms with Crippen molar-refractivity contribution in [2.45, 2.75) is 32.2 Å². The molecule has 3 aromatic rings. The molecule has 8 heteroatoms. The third kappa shape index (κ3) is 4.10. The van der Waals surface area contributed by atoms with Gasteiger partial charge in [0, 0.05) is 21.8 Å². The molecule has 1 N–H and O–H groups in total. The van der Waals surface area contributed by atoms with Crippen molar-refractivity contribution >= 4 is 40.8 Å². The fourth-order valence-corrected chi connectivity index (χ4v) is 4.34. The largest absolute Gasteiger partial charge is 0.477 e. The summed E-state index contributed by atoms with van der Waals surface area (Å²) in [5.41, 5.74) is 1.42. The van der Waals surface area contributed by atoms with Gasteiger partial charge in [-0.15, -0.1) is 0 Å². The summed E-state index contributed by atoms with van der Waals surface area (Å²) in [6.07, 6.45) is 1.75. The van der Waals surface area contributed by atoms with E-state index in [0.717, 1.165) is 18.4 Å². The summed E-state index contributed by atoms with van der Waals surface area (Å²) in [4.78, 5) is 25.6. The van der Waals surface area contributed by atoms with Crippen LogP contribution < -0.4 is 5.56 Å². The number of aromatic carboxylic acids is 1. The summed E-state index contributed by atoms with van der Waals surface area (Å²) < 4.78 is 15.7. The Morgan fingerprint density at radius 2 is 1.84 bits per heavy atom. The van der Waals surface area contributed by atoms with Gasteiger partial charge in [-0.1, -0.05) is 46.9 Å². The normalized spacial score (nSPS) is 13.5. The van der Waals surface area contributed by atoms with E-state index in [0.29, 0.717) is 21.8 Å². The average molecular weight is 481 g/mol. The van der Waals surface area contributed by atoms with Crippen LogP contribution in [0, 0.1) is 12.7 Å². The Morgan fingerprint density at radius 3 is 2.42 bits per heavy atom. The molecule has 0 spiro atoms. The average Bonchev–Trinajstić information content (AvgIpc) is 3.53. The standard InChI is InChI=1S/C23H17Cl3FNO3/c1-11-19(12-2-3-12)20(13-5-7-16(25)17(26)8-13)21(23(30)31)22(29)28(11)10-14-4-6-15(24)9-18(14)27/h4-9,12H,2-3,10H2,1H3,(H,30,31). The van der Waals surface area contributed by atoms with Crippen molar-refractivity contribution in [2.75, 3.05) is 0 Å². The monoisotopic (exact) mass is 479 g/mol. The Hall–Kier alpha value is -2.34. The van der Waals surface area contributed by atoms with Crippen molar-refractivity contribution in [3.63, 3.8) is 0 Å². The topological polar surface area (TPSA) is 59.3 Å². The zero-order valence-corrected chi connectivity index (χ0v) is 18.7. The van der Waals surface area contributed by atoms with E-state index in [1.54, 1.807) is 25.1 Å². The first-order chi connectivity index (χ1) is 14.7. The molecule has 31 heavy (non-hydrogen) atoms. The first kappa shape index (κ1) is 21.9. The minimum absolute atomic E-state index is 0.102. The van der Waals surface area contributed by atoms with Crippen LogP contribution in [-0.4, -0.2) is 15.6 Å². The van der Waals surface area contributed by atoms with Crippen molar-refractivity contribution in [3.05, 3.63) is 90.0 Å². The van der Waals surface area contributed by atoms with E-state index < -0.39 is 17.3 Å². The van der Waals surface area contributed by atoms with Crippen LogP contribution in [0.5, 0.6) is 0 Å². The molecular weight excluding hydrogens is 464 g/mol. The molecule has 0 saturated heterocycles. The van der Waals surface area contributed by atoms with Crippen molar-refractivity contribution < 1.29 is 14.3 Å². The molecule has 0 bridgehead atoms. The van der Waals surface area contributed by atoms with E-state index in [1.165, 1.54) is 22.8 Å². The summed E-state index contributed by atoms with van der Waals surface area (Å²) in [7, 11) is 0. The molecule has 4 nitrogen and oxygen atoms in total. The first-order valence-corrected chi connectivity index (χ1v) is 10.7. The van der Waals surface area contributed by atoms with Gasteiger partial charge in [-0.05, 0) is 61.1 Å². The number of pyridine rings is 1. The van der Waals surface area contributed by atoms with Crippen molar-refractivity contribution in [1.82, 2.24) is 4.57 Å². The van der Waals surface area contributed by atoms with Crippen LogP contribution in [0.3, 0.4) is 0 Å². The third-order valence-corrected chi connectivity index (χ3v) is 6.50. The van der Waals surface area contributed by atoms with Crippen LogP contribution in [0.4, 0.5) is 4.39 Å². The molecule has 1 aliphatic rings. The van der Waals surface area contributed by atoms with Crippen LogP contribution in [0.2, 0.25) is 15.1 Å². The SMILES string of the molecule is Cc1c(C2CC2)c(-c2ccc(Cl)c(Cl)c2)c(C(=O)O)c(=O)n1Cc1ccc(Cl)cc1F. The molecule has 1 saturated carbocycles. The molecule has 4 rings (SSSR count). The van der Waals surface area contributed by atoms with Gasteiger partial charge in [0.05, 0.1) is 16.6 Å². The van der Waals surface area contributed by atoms with Gasteiger partial charge in [0.15, 0.2) is 0 Å². The molecule has 1 aliphatic carbocycles. The van der Waals surface area contributed by atoms with Crippen LogP contribution in [0.25, 0.3) is 11.1 Å². The quantitative estimate of drug-likeness (QED) is 0.451. The fraction of sp³-hybridized carbons (Fsp3) is 0.217.